The third-order valence-corrected chi connectivity index (χ3v) is 4.11. The van der Waals surface area contributed by atoms with Gasteiger partial charge in [0.2, 0.25) is 0 Å². The van der Waals surface area contributed by atoms with Crippen LogP contribution in [0.15, 0.2) is 10.5 Å². The van der Waals surface area contributed by atoms with Crippen LogP contribution in [0.3, 0.4) is 0 Å². The fourth-order valence-corrected chi connectivity index (χ4v) is 2.63. The Morgan fingerprint density at radius 1 is 1.30 bits per heavy atom. The van der Waals surface area contributed by atoms with Crippen molar-refractivity contribution in [3.63, 3.8) is 0 Å². The number of piperidine rings is 1. The first-order valence-corrected chi connectivity index (χ1v) is 7.89. The monoisotopic (exact) mass is 278 g/mol. The first-order valence-electron chi connectivity index (χ1n) is 7.89. The average Bonchev–Trinajstić information content (AvgIpc) is 2.69. The number of nitrogens with zero attached hydrogens (tertiary/aromatic N) is 1. The van der Waals surface area contributed by atoms with Crippen molar-refractivity contribution in [2.24, 2.45) is 5.92 Å². The quantitative estimate of drug-likeness (QED) is 0.910. The Morgan fingerprint density at radius 3 is 2.55 bits per heavy atom. The maximum atomic E-state index is 6.04. The molecular formula is C17H30N2O. The van der Waals surface area contributed by atoms with E-state index in [1.165, 1.54) is 31.5 Å². The van der Waals surface area contributed by atoms with E-state index in [9.17, 15) is 0 Å². The average molecular weight is 278 g/mol. The van der Waals surface area contributed by atoms with Crippen molar-refractivity contribution in [3.05, 3.63) is 23.2 Å². The lowest BCUT2D eigenvalue weighted by atomic mass is 9.99. The highest BCUT2D eigenvalue weighted by atomic mass is 16.3. The van der Waals surface area contributed by atoms with Gasteiger partial charge in [0.25, 0.3) is 0 Å². The van der Waals surface area contributed by atoms with Crippen LogP contribution in [0, 0.1) is 12.8 Å². The van der Waals surface area contributed by atoms with Gasteiger partial charge in [0.15, 0.2) is 0 Å². The number of hydrogen-bond acceptors (Lipinski definition) is 3. The van der Waals surface area contributed by atoms with Crippen LogP contribution in [-0.4, -0.2) is 23.5 Å². The molecule has 0 amide bonds. The van der Waals surface area contributed by atoms with E-state index >= 15 is 0 Å². The maximum Gasteiger partial charge on any atom is 0.120 e. The Morgan fingerprint density at radius 2 is 1.95 bits per heavy atom. The number of hydrogen-bond donors (Lipinski definition) is 1. The molecular weight excluding hydrogens is 248 g/mol. The van der Waals surface area contributed by atoms with Crippen LogP contribution in [-0.2, 0) is 13.1 Å². The summed E-state index contributed by atoms with van der Waals surface area (Å²) in [5, 5.41) is 3.49. The Balaban J connectivity index is 1.90. The fourth-order valence-electron chi connectivity index (χ4n) is 2.63. The number of furan rings is 1. The second-order valence-electron chi connectivity index (χ2n) is 7.38. The number of likely N-dealkylation sites (tertiary alicyclic amines) is 1. The maximum absolute atomic E-state index is 6.04. The molecule has 0 aromatic carbocycles. The Kier molecular flexibility index (Phi) is 4.92. The van der Waals surface area contributed by atoms with Crippen LogP contribution in [0.1, 0.15) is 57.6 Å². The molecule has 1 aliphatic heterocycles. The molecule has 2 rings (SSSR count). The van der Waals surface area contributed by atoms with Crippen molar-refractivity contribution < 1.29 is 4.42 Å². The first kappa shape index (κ1) is 15.6. The molecule has 0 saturated carbocycles. The summed E-state index contributed by atoms with van der Waals surface area (Å²) >= 11 is 0. The lowest BCUT2D eigenvalue weighted by molar-refractivity contribution is 0.172. The Bertz CT molecular complexity index is 423. The minimum absolute atomic E-state index is 0.127. The molecule has 1 fully saturated rings. The van der Waals surface area contributed by atoms with Gasteiger partial charge in [0, 0.05) is 5.54 Å². The van der Waals surface area contributed by atoms with Crippen molar-refractivity contribution in [1.29, 1.82) is 0 Å². The number of rotatable bonds is 4. The summed E-state index contributed by atoms with van der Waals surface area (Å²) in [5.74, 6) is 3.08. The van der Waals surface area contributed by atoms with Gasteiger partial charge in [0.1, 0.15) is 11.5 Å². The van der Waals surface area contributed by atoms with Crippen molar-refractivity contribution in [1.82, 2.24) is 10.2 Å². The minimum Gasteiger partial charge on any atom is -0.463 e. The summed E-state index contributed by atoms with van der Waals surface area (Å²) < 4.78 is 6.04. The zero-order valence-corrected chi connectivity index (χ0v) is 13.8. The van der Waals surface area contributed by atoms with Gasteiger partial charge in [-0.05, 0) is 71.2 Å². The van der Waals surface area contributed by atoms with Crippen molar-refractivity contribution in [3.8, 4) is 0 Å². The standard InChI is InChI=1S/C17H30N2O/c1-13-6-8-19(9-7-13)12-15-10-14(2)16(20-15)11-18-17(3,4)5/h10,13,18H,6-9,11-12H2,1-5H3. The van der Waals surface area contributed by atoms with Crippen LogP contribution >= 0.6 is 0 Å². The predicted octanol–water partition coefficient (Wildman–Crippen LogP) is 3.71. The second-order valence-corrected chi connectivity index (χ2v) is 7.38. The lowest BCUT2D eigenvalue weighted by Gasteiger charge is -2.29. The molecule has 0 bridgehead atoms. The van der Waals surface area contributed by atoms with Crippen molar-refractivity contribution in [2.45, 2.75) is 66.1 Å². The van der Waals surface area contributed by atoms with E-state index in [4.69, 9.17) is 4.42 Å². The van der Waals surface area contributed by atoms with E-state index in [0.29, 0.717) is 0 Å². The topological polar surface area (TPSA) is 28.4 Å². The molecule has 3 nitrogen and oxygen atoms in total. The molecule has 0 radical (unpaired) electrons. The van der Waals surface area contributed by atoms with Crippen molar-refractivity contribution in [2.75, 3.05) is 13.1 Å². The molecule has 114 valence electrons. The van der Waals surface area contributed by atoms with Crippen LogP contribution in [0.25, 0.3) is 0 Å². The molecule has 1 saturated heterocycles. The van der Waals surface area contributed by atoms with Gasteiger partial charge < -0.3 is 9.73 Å². The second kappa shape index (κ2) is 6.31. The normalized spacial score (nSPS) is 18.6. The summed E-state index contributed by atoms with van der Waals surface area (Å²) in [4.78, 5) is 2.51. The third kappa shape index (κ3) is 4.64. The third-order valence-electron chi connectivity index (χ3n) is 4.11. The highest BCUT2D eigenvalue weighted by Crippen LogP contribution is 2.21. The van der Waals surface area contributed by atoms with Gasteiger partial charge in [-0.15, -0.1) is 0 Å². The fraction of sp³-hybridized carbons (Fsp3) is 0.765. The summed E-state index contributed by atoms with van der Waals surface area (Å²) in [6.07, 6.45) is 2.64. The Labute approximate surface area is 123 Å². The molecule has 0 spiro atoms. The molecule has 2 heterocycles. The van der Waals surface area contributed by atoms with E-state index in [-0.39, 0.29) is 5.54 Å². The van der Waals surface area contributed by atoms with Crippen LogP contribution in [0.4, 0.5) is 0 Å². The van der Waals surface area contributed by atoms with E-state index in [0.717, 1.165) is 30.5 Å². The van der Waals surface area contributed by atoms with Crippen molar-refractivity contribution >= 4 is 0 Å². The van der Waals surface area contributed by atoms with E-state index < -0.39 is 0 Å². The van der Waals surface area contributed by atoms with Crippen LogP contribution in [0.5, 0.6) is 0 Å². The van der Waals surface area contributed by atoms with Gasteiger partial charge in [-0.25, -0.2) is 0 Å². The summed E-state index contributed by atoms with van der Waals surface area (Å²) in [6, 6.07) is 2.21. The molecule has 1 aromatic rings. The largest absolute Gasteiger partial charge is 0.463 e. The highest BCUT2D eigenvalue weighted by Gasteiger charge is 2.18. The number of aryl methyl sites for hydroxylation is 1. The summed E-state index contributed by atoms with van der Waals surface area (Å²) in [7, 11) is 0. The van der Waals surface area contributed by atoms with Crippen LogP contribution in [0.2, 0.25) is 0 Å². The van der Waals surface area contributed by atoms with Gasteiger partial charge in [-0.3, -0.25) is 4.90 Å². The molecule has 0 unspecified atom stereocenters. The van der Waals surface area contributed by atoms with Gasteiger partial charge in [-0.1, -0.05) is 6.92 Å². The smallest absolute Gasteiger partial charge is 0.120 e. The van der Waals surface area contributed by atoms with Gasteiger partial charge >= 0.3 is 0 Å². The molecule has 3 heteroatoms. The summed E-state index contributed by atoms with van der Waals surface area (Å²) in [5.41, 5.74) is 1.39. The minimum atomic E-state index is 0.127. The number of nitrogens with one attached hydrogen (secondary N) is 1. The van der Waals surface area contributed by atoms with E-state index in [2.05, 4.69) is 50.9 Å². The zero-order chi connectivity index (χ0) is 14.8. The molecule has 1 aromatic heterocycles. The SMILES string of the molecule is Cc1cc(CN2CCC(C)CC2)oc1CNC(C)(C)C. The van der Waals surface area contributed by atoms with Gasteiger partial charge in [-0.2, -0.15) is 0 Å². The van der Waals surface area contributed by atoms with E-state index in [1.54, 1.807) is 0 Å². The summed E-state index contributed by atoms with van der Waals surface area (Å²) in [6.45, 7) is 15.2. The molecule has 0 atom stereocenters. The highest BCUT2D eigenvalue weighted by molar-refractivity contribution is 5.20. The predicted molar refractivity (Wildman–Crippen MR) is 83.7 cm³/mol. The molecule has 1 N–H and O–H groups in total. The van der Waals surface area contributed by atoms with Gasteiger partial charge in [0.05, 0.1) is 13.1 Å². The van der Waals surface area contributed by atoms with E-state index in [1.807, 2.05) is 0 Å². The lowest BCUT2D eigenvalue weighted by Crippen LogP contribution is -2.35. The zero-order valence-electron chi connectivity index (χ0n) is 13.8. The molecule has 20 heavy (non-hydrogen) atoms. The Hall–Kier alpha value is -0.800. The first-order chi connectivity index (χ1) is 9.33. The van der Waals surface area contributed by atoms with Crippen LogP contribution < -0.4 is 5.32 Å². The molecule has 1 aliphatic rings. The molecule has 0 aliphatic carbocycles.